The highest BCUT2D eigenvalue weighted by molar-refractivity contribution is 6.11. The minimum atomic E-state index is -0.780. The summed E-state index contributed by atoms with van der Waals surface area (Å²) in [4.78, 5) is 24.1. The minimum absolute atomic E-state index is 0.248. The zero-order chi connectivity index (χ0) is 12.8. The standard InChI is InChI=1S/C12H15NO4/c1-6-8-7(17-13-6)5-12(2,3)9(10(8)14)11(15)16-4/h9H,5H2,1-4H3/t9-/m0/s1. The van der Waals surface area contributed by atoms with E-state index in [9.17, 15) is 9.59 Å². The molecular weight excluding hydrogens is 222 g/mol. The van der Waals surface area contributed by atoms with Crippen LogP contribution in [0.25, 0.3) is 0 Å². The molecule has 1 aromatic rings. The van der Waals surface area contributed by atoms with Crippen molar-refractivity contribution < 1.29 is 18.8 Å². The molecule has 0 unspecified atom stereocenters. The smallest absolute Gasteiger partial charge is 0.317 e. The van der Waals surface area contributed by atoms with Crippen molar-refractivity contribution in [3.63, 3.8) is 0 Å². The number of ketones is 1. The monoisotopic (exact) mass is 237 g/mol. The maximum Gasteiger partial charge on any atom is 0.317 e. The summed E-state index contributed by atoms with van der Waals surface area (Å²) in [6.45, 7) is 5.41. The summed E-state index contributed by atoms with van der Waals surface area (Å²) < 4.78 is 9.85. The lowest BCUT2D eigenvalue weighted by atomic mass is 9.67. The number of aromatic nitrogens is 1. The van der Waals surface area contributed by atoms with Crippen molar-refractivity contribution in [2.45, 2.75) is 27.2 Å². The van der Waals surface area contributed by atoms with Crippen molar-refractivity contribution in [1.82, 2.24) is 5.16 Å². The highest BCUT2D eigenvalue weighted by Gasteiger charge is 2.48. The van der Waals surface area contributed by atoms with Gasteiger partial charge in [0.2, 0.25) is 0 Å². The summed E-state index contributed by atoms with van der Waals surface area (Å²) >= 11 is 0. The van der Waals surface area contributed by atoms with E-state index in [4.69, 9.17) is 9.26 Å². The lowest BCUT2D eigenvalue weighted by Crippen LogP contribution is -2.43. The summed E-state index contributed by atoms with van der Waals surface area (Å²) in [7, 11) is 1.29. The fraction of sp³-hybridized carbons (Fsp3) is 0.583. The van der Waals surface area contributed by atoms with Crippen LogP contribution >= 0.6 is 0 Å². The van der Waals surface area contributed by atoms with Crippen LogP contribution in [-0.4, -0.2) is 24.0 Å². The van der Waals surface area contributed by atoms with Gasteiger partial charge in [0, 0.05) is 6.42 Å². The maximum atomic E-state index is 12.3. The van der Waals surface area contributed by atoms with Crippen molar-refractivity contribution >= 4 is 11.8 Å². The first-order chi connectivity index (χ1) is 7.88. The molecule has 0 saturated carbocycles. The number of hydrogen-bond acceptors (Lipinski definition) is 5. The third-order valence-electron chi connectivity index (χ3n) is 3.28. The zero-order valence-corrected chi connectivity index (χ0v) is 10.4. The van der Waals surface area contributed by atoms with Crippen LogP contribution in [0.4, 0.5) is 0 Å². The molecule has 1 aromatic heterocycles. The number of esters is 1. The van der Waals surface area contributed by atoms with Crippen LogP contribution in [0.5, 0.6) is 0 Å². The molecule has 92 valence electrons. The summed E-state index contributed by atoms with van der Waals surface area (Å²) in [6, 6.07) is 0. The maximum absolute atomic E-state index is 12.3. The normalized spacial score (nSPS) is 22.1. The molecule has 5 nitrogen and oxygen atoms in total. The van der Waals surface area contributed by atoms with Gasteiger partial charge in [0.1, 0.15) is 11.7 Å². The van der Waals surface area contributed by atoms with Crippen molar-refractivity contribution in [2.75, 3.05) is 7.11 Å². The van der Waals surface area contributed by atoms with Crippen molar-refractivity contribution in [3.05, 3.63) is 17.0 Å². The van der Waals surface area contributed by atoms with Gasteiger partial charge in [-0.3, -0.25) is 9.59 Å². The minimum Gasteiger partial charge on any atom is -0.468 e. The zero-order valence-electron chi connectivity index (χ0n) is 10.4. The molecular formula is C12H15NO4. The average Bonchev–Trinajstić information content (AvgIpc) is 2.58. The van der Waals surface area contributed by atoms with Crippen molar-refractivity contribution in [3.8, 4) is 0 Å². The molecule has 0 N–H and O–H groups in total. The number of Topliss-reactive ketones (excluding diaryl/α,β-unsaturated/α-hetero) is 1. The predicted octanol–water partition coefficient (Wildman–Crippen LogP) is 1.54. The highest BCUT2D eigenvalue weighted by Crippen LogP contribution is 2.41. The van der Waals surface area contributed by atoms with Crippen LogP contribution < -0.4 is 0 Å². The van der Waals surface area contributed by atoms with E-state index in [0.717, 1.165) is 0 Å². The molecule has 5 heteroatoms. The molecule has 1 aliphatic carbocycles. The molecule has 0 spiro atoms. The lowest BCUT2D eigenvalue weighted by molar-refractivity contribution is -0.147. The Morgan fingerprint density at radius 1 is 1.53 bits per heavy atom. The molecule has 1 heterocycles. The van der Waals surface area contributed by atoms with Crippen LogP contribution in [0, 0.1) is 18.3 Å². The third-order valence-corrected chi connectivity index (χ3v) is 3.28. The van der Waals surface area contributed by atoms with Gasteiger partial charge in [-0.1, -0.05) is 19.0 Å². The van der Waals surface area contributed by atoms with Crippen LogP contribution in [0.2, 0.25) is 0 Å². The van der Waals surface area contributed by atoms with E-state index in [0.29, 0.717) is 23.4 Å². The number of rotatable bonds is 1. The third kappa shape index (κ3) is 1.66. The molecule has 0 bridgehead atoms. The summed E-state index contributed by atoms with van der Waals surface area (Å²) in [5.41, 5.74) is 0.470. The van der Waals surface area contributed by atoms with E-state index in [2.05, 4.69) is 5.16 Å². The van der Waals surface area contributed by atoms with Gasteiger partial charge in [-0.05, 0) is 12.3 Å². The molecule has 0 aliphatic heterocycles. The molecule has 17 heavy (non-hydrogen) atoms. The Morgan fingerprint density at radius 3 is 2.76 bits per heavy atom. The Kier molecular flexibility index (Phi) is 2.56. The van der Waals surface area contributed by atoms with Gasteiger partial charge in [-0.25, -0.2) is 0 Å². The summed E-state index contributed by atoms with van der Waals surface area (Å²) in [5.74, 6) is -0.955. The molecule has 0 radical (unpaired) electrons. The fourth-order valence-electron chi connectivity index (χ4n) is 2.41. The van der Waals surface area contributed by atoms with E-state index >= 15 is 0 Å². The molecule has 2 rings (SSSR count). The Bertz CT molecular complexity index is 487. The Balaban J connectivity index is 2.53. The van der Waals surface area contributed by atoms with E-state index in [-0.39, 0.29) is 5.78 Å². The second kappa shape index (κ2) is 3.68. The number of nitrogens with zero attached hydrogens (tertiary/aromatic N) is 1. The number of methoxy groups -OCH3 is 1. The van der Waals surface area contributed by atoms with E-state index in [1.54, 1.807) is 6.92 Å². The second-order valence-corrected chi connectivity index (χ2v) is 5.05. The highest BCUT2D eigenvalue weighted by atomic mass is 16.5. The second-order valence-electron chi connectivity index (χ2n) is 5.05. The first-order valence-electron chi connectivity index (χ1n) is 5.45. The largest absolute Gasteiger partial charge is 0.468 e. The predicted molar refractivity (Wildman–Crippen MR) is 58.6 cm³/mol. The first-order valence-corrected chi connectivity index (χ1v) is 5.45. The molecule has 1 aliphatic rings. The van der Waals surface area contributed by atoms with Gasteiger partial charge in [0.05, 0.1) is 18.4 Å². The van der Waals surface area contributed by atoms with Crippen LogP contribution in [0.15, 0.2) is 4.52 Å². The molecule has 1 atom stereocenters. The number of hydrogen-bond donors (Lipinski definition) is 0. The van der Waals surface area contributed by atoms with Crippen LogP contribution in [0.1, 0.15) is 35.7 Å². The number of carbonyl (C=O) groups excluding carboxylic acids is 2. The Labute approximate surface area is 99.1 Å². The Morgan fingerprint density at radius 2 is 2.18 bits per heavy atom. The number of fused-ring (bicyclic) bond motifs is 1. The SMILES string of the molecule is COC(=O)[C@@H]1C(=O)c2c(C)noc2CC1(C)C. The van der Waals surface area contributed by atoms with Gasteiger partial charge < -0.3 is 9.26 Å². The first kappa shape index (κ1) is 11.8. The van der Waals surface area contributed by atoms with Gasteiger partial charge in [0.15, 0.2) is 5.78 Å². The van der Waals surface area contributed by atoms with Crippen molar-refractivity contribution in [1.29, 1.82) is 0 Å². The lowest BCUT2D eigenvalue weighted by Gasteiger charge is -2.33. The topological polar surface area (TPSA) is 69.4 Å². The Hall–Kier alpha value is -1.65. The van der Waals surface area contributed by atoms with E-state index in [1.807, 2.05) is 13.8 Å². The molecule has 0 fully saturated rings. The van der Waals surface area contributed by atoms with E-state index < -0.39 is 17.3 Å². The fourth-order valence-corrected chi connectivity index (χ4v) is 2.41. The van der Waals surface area contributed by atoms with Gasteiger partial charge in [0.25, 0.3) is 0 Å². The number of ether oxygens (including phenoxy) is 1. The van der Waals surface area contributed by atoms with Gasteiger partial charge in [-0.15, -0.1) is 0 Å². The average molecular weight is 237 g/mol. The summed E-state index contributed by atoms with van der Waals surface area (Å²) in [6.07, 6.45) is 0.509. The molecule has 0 saturated heterocycles. The van der Waals surface area contributed by atoms with Crippen molar-refractivity contribution in [2.24, 2.45) is 11.3 Å². The molecule has 0 amide bonds. The molecule has 0 aromatic carbocycles. The number of carbonyl (C=O) groups is 2. The summed E-state index contributed by atoms with van der Waals surface area (Å²) in [5, 5.41) is 3.79. The van der Waals surface area contributed by atoms with Gasteiger partial charge in [-0.2, -0.15) is 0 Å². The quantitative estimate of drug-likeness (QED) is 0.547. The van der Waals surface area contributed by atoms with Crippen LogP contribution in [-0.2, 0) is 16.0 Å². The van der Waals surface area contributed by atoms with Crippen LogP contribution in [0.3, 0.4) is 0 Å². The number of aryl methyl sites for hydroxylation is 1. The van der Waals surface area contributed by atoms with Gasteiger partial charge >= 0.3 is 5.97 Å². The van der Waals surface area contributed by atoms with E-state index in [1.165, 1.54) is 7.11 Å².